The molecule has 0 unspecified atom stereocenters. The van der Waals surface area contributed by atoms with Crippen molar-refractivity contribution < 1.29 is 13.3 Å². The molecule has 1 aromatic carbocycles. The van der Waals surface area contributed by atoms with E-state index < -0.39 is 14.9 Å². The number of hydrogen-bond donors (Lipinski definition) is 4. The van der Waals surface area contributed by atoms with Crippen LogP contribution in [-0.4, -0.2) is 37.1 Å². The number of aromatic nitrogens is 2. The van der Waals surface area contributed by atoms with Crippen LogP contribution >= 0.6 is 0 Å². The number of nitro groups is 1. The molecule has 0 aliphatic carbocycles. The first-order valence-corrected chi connectivity index (χ1v) is 8.97. The van der Waals surface area contributed by atoms with Crippen molar-refractivity contribution >= 4 is 27.2 Å². The van der Waals surface area contributed by atoms with Crippen LogP contribution in [-0.2, 0) is 16.4 Å². The molecule has 0 fully saturated rings. The van der Waals surface area contributed by atoms with E-state index in [0.717, 1.165) is 6.07 Å². The number of nitrogens with zero attached hydrogens (tertiary/aromatic N) is 3. The summed E-state index contributed by atoms with van der Waals surface area (Å²) in [5.74, 6) is 0.132. The number of nitro benzene ring substituents is 1. The van der Waals surface area contributed by atoms with Gasteiger partial charge in [-0.2, -0.15) is 10.4 Å². The van der Waals surface area contributed by atoms with Gasteiger partial charge in [0.2, 0.25) is 10.0 Å². The highest BCUT2D eigenvalue weighted by Gasteiger charge is 2.20. The molecular formula is C14H17N7O4S. The first-order valence-electron chi connectivity index (χ1n) is 7.48. The fourth-order valence-electron chi connectivity index (χ4n) is 2.28. The highest BCUT2D eigenvalue weighted by Crippen LogP contribution is 2.27. The van der Waals surface area contributed by atoms with Crippen LogP contribution in [0.5, 0.6) is 0 Å². The Morgan fingerprint density at radius 1 is 1.46 bits per heavy atom. The van der Waals surface area contributed by atoms with E-state index in [-0.39, 0.29) is 27.7 Å². The number of sulfonamides is 1. The van der Waals surface area contributed by atoms with Crippen LogP contribution in [0, 0.1) is 21.4 Å². The molecule has 0 aliphatic heterocycles. The monoisotopic (exact) mass is 379 g/mol. The van der Waals surface area contributed by atoms with E-state index >= 15 is 0 Å². The highest BCUT2D eigenvalue weighted by molar-refractivity contribution is 7.89. The lowest BCUT2D eigenvalue weighted by molar-refractivity contribution is -0.384. The molecule has 0 aliphatic rings. The number of nitrogens with one attached hydrogen (secondary N) is 3. The number of nitrogen functional groups attached to an aromatic ring is 1. The van der Waals surface area contributed by atoms with Gasteiger partial charge < -0.3 is 11.1 Å². The Hall–Kier alpha value is -3.17. The maximum atomic E-state index is 11.8. The van der Waals surface area contributed by atoms with E-state index in [1.165, 1.54) is 19.2 Å². The maximum Gasteiger partial charge on any atom is 0.293 e. The average molecular weight is 379 g/mol. The molecule has 2 aromatic rings. The van der Waals surface area contributed by atoms with Crippen molar-refractivity contribution in [2.24, 2.45) is 0 Å². The molecule has 0 atom stereocenters. The van der Waals surface area contributed by atoms with Gasteiger partial charge in [-0.3, -0.25) is 15.2 Å². The number of aromatic amines is 1. The lowest BCUT2D eigenvalue weighted by Crippen LogP contribution is -2.18. The van der Waals surface area contributed by atoms with E-state index in [4.69, 9.17) is 11.0 Å². The minimum Gasteiger partial charge on any atom is -0.381 e. The third-order valence-corrected chi connectivity index (χ3v) is 5.06. The zero-order valence-electron chi connectivity index (χ0n) is 13.8. The van der Waals surface area contributed by atoms with Crippen molar-refractivity contribution in [2.45, 2.75) is 17.7 Å². The molecule has 5 N–H and O–H groups in total. The van der Waals surface area contributed by atoms with Crippen LogP contribution < -0.4 is 15.8 Å². The van der Waals surface area contributed by atoms with Gasteiger partial charge in [-0.05, 0) is 32.0 Å². The number of H-pyrrole nitrogens is 1. The molecule has 0 amide bonds. The van der Waals surface area contributed by atoms with Crippen LogP contribution in [0.3, 0.4) is 0 Å². The number of rotatable bonds is 8. The number of nitriles is 1. The second-order valence-electron chi connectivity index (χ2n) is 5.25. The summed E-state index contributed by atoms with van der Waals surface area (Å²) in [7, 11) is -2.55. The Morgan fingerprint density at radius 2 is 2.19 bits per heavy atom. The molecular weight excluding hydrogens is 362 g/mol. The normalized spacial score (nSPS) is 11.1. The van der Waals surface area contributed by atoms with Gasteiger partial charge in [-0.1, -0.05) is 0 Å². The van der Waals surface area contributed by atoms with Crippen LogP contribution in [0.4, 0.5) is 17.2 Å². The fourth-order valence-corrected chi connectivity index (χ4v) is 3.03. The van der Waals surface area contributed by atoms with Crippen molar-refractivity contribution in [3.05, 3.63) is 39.6 Å². The first-order chi connectivity index (χ1) is 12.3. The van der Waals surface area contributed by atoms with Crippen LogP contribution in [0.15, 0.2) is 23.1 Å². The molecule has 0 radical (unpaired) electrons. The summed E-state index contributed by atoms with van der Waals surface area (Å²) in [5, 5.41) is 29.6. The van der Waals surface area contributed by atoms with Crippen molar-refractivity contribution in [3.8, 4) is 6.07 Å². The van der Waals surface area contributed by atoms with Gasteiger partial charge >= 0.3 is 0 Å². The lowest BCUT2D eigenvalue weighted by Gasteiger charge is -2.09. The first kappa shape index (κ1) is 19.2. The van der Waals surface area contributed by atoms with E-state index in [9.17, 15) is 18.5 Å². The molecule has 0 saturated heterocycles. The minimum atomic E-state index is -3.77. The smallest absolute Gasteiger partial charge is 0.293 e. The molecule has 1 heterocycles. The summed E-state index contributed by atoms with van der Waals surface area (Å²) in [6.07, 6.45) is 1.02. The number of hydrogen-bond acceptors (Lipinski definition) is 8. The summed E-state index contributed by atoms with van der Waals surface area (Å²) in [6.45, 7) is 0.364. The zero-order valence-corrected chi connectivity index (χ0v) is 14.6. The molecule has 11 nitrogen and oxygen atoms in total. The number of aryl methyl sites for hydroxylation is 1. The Kier molecular flexibility index (Phi) is 5.75. The summed E-state index contributed by atoms with van der Waals surface area (Å²) in [4.78, 5) is 10.4. The van der Waals surface area contributed by atoms with E-state index in [1.54, 1.807) is 0 Å². The summed E-state index contributed by atoms with van der Waals surface area (Å²) < 4.78 is 25.6. The fraction of sp³-hybridized carbons (Fsp3) is 0.286. The zero-order chi connectivity index (χ0) is 19.3. The molecule has 1 aromatic heterocycles. The van der Waals surface area contributed by atoms with Gasteiger partial charge in [0, 0.05) is 12.6 Å². The van der Waals surface area contributed by atoms with Crippen molar-refractivity contribution in [2.75, 3.05) is 24.6 Å². The molecule has 0 bridgehead atoms. The topological polar surface area (TPSA) is 180 Å². The van der Waals surface area contributed by atoms with Crippen molar-refractivity contribution in [1.29, 1.82) is 5.26 Å². The molecule has 138 valence electrons. The number of nitrogens with two attached hydrogens (primary N) is 1. The van der Waals surface area contributed by atoms with Gasteiger partial charge in [0.25, 0.3) is 5.69 Å². The van der Waals surface area contributed by atoms with Gasteiger partial charge in [-0.15, -0.1) is 0 Å². The largest absolute Gasteiger partial charge is 0.381 e. The quantitative estimate of drug-likeness (QED) is 0.294. The predicted octanol–water partition coefficient (Wildman–Crippen LogP) is 0.725. The van der Waals surface area contributed by atoms with Crippen LogP contribution in [0.25, 0.3) is 0 Å². The lowest BCUT2D eigenvalue weighted by atomic mass is 10.1. The van der Waals surface area contributed by atoms with Gasteiger partial charge in [0.1, 0.15) is 17.3 Å². The average Bonchev–Trinajstić information content (AvgIpc) is 2.98. The molecule has 0 spiro atoms. The Balaban J connectivity index is 2.07. The molecule has 0 saturated carbocycles. The highest BCUT2D eigenvalue weighted by atomic mass is 32.2. The Labute approximate surface area is 149 Å². The van der Waals surface area contributed by atoms with E-state index in [2.05, 4.69) is 20.2 Å². The standard InChI is InChI=1S/C14H17N7O4S/c1-17-26(24,25)9-4-5-12(13(7-9)21(22)23)18-6-2-3-11-10(8-15)14(16)20-19-11/h4-5,7,17-18H,2-3,6H2,1H3,(H3,16,19,20). The summed E-state index contributed by atoms with van der Waals surface area (Å²) >= 11 is 0. The van der Waals surface area contributed by atoms with Crippen molar-refractivity contribution in [1.82, 2.24) is 14.9 Å². The predicted molar refractivity (Wildman–Crippen MR) is 93.9 cm³/mol. The number of benzene rings is 1. The van der Waals surface area contributed by atoms with E-state index in [1.807, 2.05) is 6.07 Å². The van der Waals surface area contributed by atoms with Crippen LogP contribution in [0.2, 0.25) is 0 Å². The second kappa shape index (κ2) is 7.81. The maximum absolute atomic E-state index is 11.8. The van der Waals surface area contributed by atoms with Crippen LogP contribution in [0.1, 0.15) is 17.7 Å². The molecule has 2 rings (SSSR count). The second-order valence-corrected chi connectivity index (χ2v) is 7.13. The van der Waals surface area contributed by atoms with Gasteiger partial charge in [0.15, 0.2) is 5.82 Å². The summed E-state index contributed by atoms with van der Waals surface area (Å²) in [6, 6.07) is 5.59. The molecule has 12 heteroatoms. The molecule has 26 heavy (non-hydrogen) atoms. The van der Waals surface area contributed by atoms with Crippen molar-refractivity contribution in [3.63, 3.8) is 0 Å². The number of anilines is 2. The Morgan fingerprint density at radius 3 is 2.81 bits per heavy atom. The SMILES string of the molecule is CNS(=O)(=O)c1ccc(NCCCc2[nH]nc(N)c2C#N)c([N+](=O)[O-])c1. The third-order valence-electron chi connectivity index (χ3n) is 3.64. The Bertz CT molecular complexity index is 962. The van der Waals surface area contributed by atoms with Gasteiger partial charge in [0.05, 0.1) is 15.5 Å². The summed E-state index contributed by atoms with van der Waals surface area (Å²) in [5.41, 5.74) is 6.30. The minimum absolute atomic E-state index is 0.132. The van der Waals surface area contributed by atoms with E-state index in [0.29, 0.717) is 25.1 Å². The van der Waals surface area contributed by atoms with Gasteiger partial charge in [-0.25, -0.2) is 13.1 Å². The third kappa shape index (κ3) is 4.08.